The van der Waals surface area contributed by atoms with Gasteiger partial charge >= 0.3 is 0 Å². The van der Waals surface area contributed by atoms with Crippen molar-refractivity contribution in [3.05, 3.63) is 17.7 Å². The van der Waals surface area contributed by atoms with E-state index in [0.717, 1.165) is 50.8 Å². The molecular formula is C20H34N4O3. The molecule has 0 spiro atoms. The van der Waals surface area contributed by atoms with Gasteiger partial charge in [0.05, 0.1) is 21.3 Å². The van der Waals surface area contributed by atoms with E-state index in [1.807, 2.05) is 19.2 Å². The third kappa shape index (κ3) is 5.66. The maximum atomic E-state index is 5.46. The lowest BCUT2D eigenvalue weighted by Crippen LogP contribution is -2.52. The van der Waals surface area contributed by atoms with Gasteiger partial charge in [-0.05, 0) is 23.6 Å². The number of piperazine rings is 1. The smallest absolute Gasteiger partial charge is 0.203 e. The summed E-state index contributed by atoms with van der Waals surface area (Å²) in [5.41, 5.74) is 1.15. The highest BCUT2D eigenvalue weighted by atomic mass is 16.5. The monoisotopic (exact) mass is 378 g/mol. The standard InChI is InChI=1S/C20H34N4O3/c1-15(2)13-22-20(21-3)24-9-7-23(8-10-24)14-16-11-17(25-4)19(27-6)18(12-16)26-5/h11-12,15H,7-10,13-14H2,1-6H3,(H,21,22). The minimum Gasteiger partial charge on any atom is -0.493 e. The summed E-state index contributed by atoms with van der Waals surface area (Å²) in [6.45, 7) is 10.1. The maximum Gasteiger partial charge on any atom is 0.203 e. The van der Waals surface area contributed by atoms with Gasteiger partial charge in [0, 0.05) is 46.3 Å². The topological polar surface area (TPSA) is 58.6 Å². The Kier molecular flexibility index (Phi) is 8.03. The minimum absolute atomic E-state index is 0.600. The largest absolute Gasteiger partial charge is 0.493 e. The van der Waals surface area contributed by atoms with Crippen molar-refractivity contribution in [2.45, 2.75) is 20.4 Å². The highest BCUT2D eigenvalue weighted by molar-refractivity contribution is 5.80. The van der Waals surface area contributed by atoms with Crippen molar-refractivity contribution in [3.63, 3.8) is 0 Å². The molecule has 27 heavy (non-hydrogen) atoms. The van der Waals surface area contributed by atoms with E-state index in [4.69, 9.17) is 14.2 Å². The second-order valence-corrected chi connectivity index (χ2v) is 7.12. The van der Waals surface area contributed by atoms with Crippen molar-refractivity contribution < 1.29 is 14.2 Å². The van der Waals surface area contributed by atoms with E-state index in [9.17, 15) is 0 Å². The van der Waals surface area contributed by atoms with E-state index in [2.05, 4.69) is 34.0 Å². The van der Waals surface area contributed by atoms with Crippen molar-refractivity contribution in [2.75, 3.05) is 61.1 Å². The maximum absolute atomic E-state index is 5.46. The number of guanidine groups is 1. The number of methoxy groups -OCH3 is 3. The molecule has 7 heteroatoms. The first-order valence-electron chi connectivity index (χ1n) is 9.49. The fraction of sp³-hybridized carbons (Fsp3) is 0.650. The molecule has 0 radical (unpaired) electrons. The molecule has 7 nitrogen and oxygen atoms in total. The first-order chi connectivity index (χ1) is 13.0. The lowest BCUT2D eigenvalue weighted by molar-refractivity contribution is 0.172. The van der Waals surface area contributed by atoms with Crippen molar-refractivity contribution in [3.8, 4) is 17.2 Å². The molecular weight excluding hydrogens is 344 g/mol. The van der Waals surface area contributed by atoms with Gasteiger partial charge in [0.15, 0.2) is 17.5 Å². The highest BCUT2D eigenvalue weighted by Gasteiger charge is 2.21. The quantitative estimate of drug-likeness (QED) is 0.579. The van der Waals surface area contributed by atoms with Gasteiger partial charge in [-0.2, -0.15) is 0 Å². The molecule has 1 aliphatic heterocycles. The van der Waals surface area contributed by atoms with Crippen LogP contribution in [0, 0.1) is 5.92 Å². The summed E-state index contributed by atoms with van der Waals surface area (Å²) >= 11 is 0. The number of hydrogen-bond acceptors (Lipinski definition) is 5. The SMILES string of the molecule is CN=C(NCC(C)C)N1CCN(Cc2cc(OC)c(OC)c(OC)c2)CC1. The zero-order valence-corrected chi connectivity index (χ0v) is 17.5. The number of benzene rings is 1. The van der Waals surface area contributed by atoms with Crippen LogP contribution in [0.2, 0.25) is 0 Å². The summed E-state index contributed by atoms with van der Waals surface area (Å²) in [6.07, 6.45) is 0. The number of hydrogen-bond donors (Lipinski definition) is 1. The van der Waals surface area contributed by atoms with E-state index in [1.54, 1.807) is 21.3 Å². The predicted molar refractivity (Wildman–Crippen MR) is 109 cm³/mol. The fourth-order valence-electron chi connectivity index (χ4n) is 3.23. The zero-order chi connectivity index (χ0) is 19.8. The third-order valence-electron chi connectivity index (χ3n) is 4.68. The Balaban J connectivity index is 1.97. The molecule has 0 aromatic heterocycles. The fourth-order valence-corrected chi connectivity index (χ4v) is 3.23. The molecule has 2 rings (SSSR count). The van der Waals surface area contributed by atoms with Gasteiger partial charge in [-0.3, -0.25) is 9.89 Å². The van der Waals surface area contributed by atoms with Gasteiger partial charge in [0.25, 0.3) is 0 Å². The Hall–Kier alpha value is -2.15. The van der Waals surface area contributed by atoms with Gasteiger partial charge in [-0.15, -0.1) is 0 Å². The Morgan fingerprint density at radius 1 is 1.04 bits per heavy atom. The molecule has 0 saturated carbocycles. The number of rotatable bonds is 7. The molecule has 1 N–H and O–H groups in total. The normalized spacial score (nSPS) is 15.8. The molecule has 0 unspecified atom stereocenters. The van der Waals surface area contributed by atoms with Crippen molar-refractivity contribution in [2.24, 2.45) is 10.9 Å². The summed E-state index contributed by atoms with van der Waals surface area (Å²) in [4.78, 5) is 9.19. The Bertz CT molecular complexity index is 601. The molecule has 1 heterocycles. The Morgan fingerprint density at radius 3 is 2.07 bits per heavy atom. The van der Waals surface area contributed by atoms with Crippen LogP contribution in [0.4, 0.5) is 0 Å². The third-order valence-corrected chi connectivity index (χ3v) is 4.68. The number of nitrogens with one attached hydrogen (secondary N) is 1. The van der Waals surface area contributed by atoms with Gasteiger partial charge in [-0.1, -0.05) is 13.8 Å². The van der Waals surface area contributed by atoms with Crippen LogP contribution in [-0.4, -0.2) is 76.9 Å². The molecule has 0 bridgehead atoms. The second-order valence-electron chi connectivity index (χ2n) is 7.12. The van der Waals surface area contributed by atoms with Gasteiger partial charge in [0.1, 0.15) is 0 Å². The minimum atomic E-state index is 0.600. The lowest BCUT2D eigenvalue weighted by atomic mass is 10.1. The average Bonchev–Trinajstić information content (AvgIpc) is 2.68. The number of ether oxygens (including phenoxy) is 3. The number of nitrogens with zero attached hydrogens (tertiary/aromatic N) is 3. The van der Waals surface area contributed by atoms with Crippen molar-refractivity contribution in [1.29, 1.82) is 0 Å². The van der Waals surface area contributed by atoms with E-state index >= 15 is 0 Å². The first-order valence-corrected chi connectivity index (χ1v) is 9.49. The van der Waals surface area contributed by atoms with Crippen LogP contribution in [0.1, 0.15) is 19.4 Å². The van der Waals surface area contributed by atoms with Crippen LogP contribution in [0.5, 0.6) is 17.2 Å². The molecule has 1 aromatic carbocycles. The number of aliphatic imine (C=N–C) groups is 1. The summed E-state index contributed by atoms with van der Waals surface area (Å²) in [5, 5.41) is 3.46. The summed E-state index contributed by atoms with van der Waals surface area (Å²) in [6, 6.07) is 4.05. The zero-order valence-electron chi connectivity index (χ0n) is 17.5. The van der Waals surface area contributed by atoms with Gasteiger partial charge in [-0.25, -0.2) is 0 Å². The van der Waals surface area contributed by atoms with Crippen LogP contribution < -0.4 is 19.5 Å². The van der Waals surface area contributed by atoms with Crippen LogP contribution in [0.25, 0.3) is 0 Å². The predicted octanol–water partition coefficient (Wildman–Crippen LogP) is 2.06. The molecule has 1 aromatic rings. The van der Waals surface area contributed by atoms with Crippen LogP contribution >= 0.6 is 0 Å². The van der Waals surface area contributed by atoms with Crippen LogP contribution in [-0.2, 0) is 6.54 Å². The molecule has 0 atom stereocenters. The van der Waals surface area contributed by atoms with E-state index in [1.165, 1.54) is 0 Å². The van der Waals surface area contributed by atoms with Crippen LogP contribution in [0.3, 0.4) is 0 Å². The van der Waals surface area contributed by atoms with E-state index in [-0.39, 0.29) is 0 Å². The van der Waals surface area contributed by atoms with Gasteiger partial charge in [0.2, 0.25) is 5.75 Å². The van der Waals surface area contributed by atoms with Gasteiger partial charge < -0.3 is 24.4 Å². The first kappa shape index (κ1) is 21.2. The summed E-state index contributed by atoms with van der Waals surface area (Å²) in [7, 11) is 6.77. The average molecular weight is 379 g/mol. The van der Waals surface area contributed by atoms with E-state index < -0.39 is 0 Å². The molecule has 1 saturated heterocycles. The van der Waals surface area contributed by atoms with Crippen LogP contribution in [0.15, 0.2) is 17.1 Å². The Labute approximate surface area is 163 Å². The molecule has 0 amide bonds. The lowest BCUT2D eigenvalue weighted by Gasteiger charge is -2.36. The van der Waals surface area contributed by atoms with Crippen molar-refractivity contribution >= 4 is 5.96 Å². The summed E-state index contributed by atoms with van der Waals surface area (Å²) < 4.78 is 16.3. The summed E-state index contributed by atoms with van der Waals surface area (Å²) in [5.74, 6) is 3.63. The van der Waals surface area contributed by atoms with Crippen molar-refractivity contribution in [1.82, 2.24) is 15.1 Å². The second kappa shape index (κ2) is 10.3. The molecule has 1 fully saturated rings. The highest BCUT2D eigenvalue weighted by Crippen LogP contribution is 2.38. The molecule has 0 aliphatic carbocycles. The molecule has 1 aliphatic rings. The van der Waals surface area contributed by atoms with E-state index in [0.29, 0.717) is 23.2 Å². The Morgan fingerprint density at radius 2 is 1.63 bits per heavy atom. The molecule has 152 valence electrons.